The molecule has 0 radical (unpaired) electrons. The first-order valence-electron chi connectivity index (χ1n) is 15.9. The van der Waals surface area contributed by atoms with Crippen LogP contribution in [0.1, 0.15) is 39.0 Å². The van der Waals surface area contributed by atoms with Crippen molar-refractivity contribution in [3.63, 3.8) is 0 Å². The summed E-state index contributed by atoms with van der Waals surface area (Å²) in [7, 11) is 1.90. The Balaban J connectivity index is 3.02. The molecule has 0 unspecified atom stereocenters. The van der Waals surface area contributed by atoms with Crippen LogP contribution in [0.4, 0.5) is 0 Å². The maximum atomic E-state index is 5.56. The predicted octanol–water partition coefficient (Wildman–Crippen LogP) is 2.36. The molecule has 254 valence electrons. The molecule has 12 heteroatoms. The van der Waals surface area contributed by atoms with Crippen LogP contribution in [-0.4, -0.2) is 159 Å². The quantitative estimate of drug-likeness (QED) is 0.103. The number of likely N-dealkylation sites (N-methyl/N-ethyl adjacent to an activating group) is 1. The van der Waals surface area contributed by atoms with Gasteiger partial charge in [0.15, 0.2) is 0 Å². The van der Waals surface area contributed by atoms with Gasteiger partial charge in [0, 0.05) is 13.2 Å². The molecular formula is C30H63NO11. The standard InChI is InChI=1S/C30H63NO11/c1-3-4-5-6-7-9-32-11-13-34-15-17-36-19-21-38-23-25-40-27-29-42-30-28-41-26-24-39-22-20-37-18-16-35-14-12-33-10-8-31-2/h31H,3-30H2,1-2H3. The molecule has 12 nitrogen and oxygen atoms in total. The predicted molar refractivity (Wildman–Crippen MR) is 162 cm³/mol. The topological polar surface area (TPSA) is 114 Å². The van der Waals surface area contributed by atoms with E-state index in [0.717, 1.165) is 19.6 Å². The molecule has 0 saturated heterocycles. The molecule has 0 rings (SSSR count). The molecule has 0 aliphatic rings. The first-order chi connectivity index (χ1) is 20.9. The van der Waals surface area contributed by atoms with E-state index < -0.39 is 0 Å². The molecule has 0 atom stereocenters. The Hall–Kier alpha value is -0.480. The minimum Gasteiger partial charge on any atom is -0.379 e. The highest BCUT2D eigenvalue weighted by molar-refractivity contribution is 4.42. The van der Waals surface area contributed by atoms with E-state index >= 15 is 0 Å². The van der Waals surface area contributed by atoms with Crippen LogP contribution < -0.4 is 5.32 Å². The summed E-state index contributed by atoms with van der Waals surface area (Å²) in [5, 5.41) is 3.02. The summed E-state index contributed by atoms with van der Waals surface area (Å²) in [6.07, 6.45) is 6.29. The summed E-state index contributed by atoms with van der Waals surface area (Å²) in [6.45, 7) is 15.6. The van der Waals surface area contributed by atoms with Gasteiger partial charge in [-0.15, -0.1) is 0 Å². The van der Waals surface area contributed by atoms with Gasteiger partial charge in [0.05, 0.1) is 139 Å². The molecule has 0 amide bonds. The van der Waals surface area contributed by atoms with Crippen molar-refractivity contribution in [1.82, 2.24) is 5.32 Å². The lowest BCUT2D eigenvalue weighted by Crippen LogP contribution is -2.17. The zero-order valence-electron chi connectivity index (χ0n) is 26.8. The number of hydrogen-bond acceptors (Lipinski definition) is 12. The molecule has 42 heavy (non-hydrogen) atoms. The Morgan fingerprint density at radius 1 is 0.286 bits per heavy atom. The summed E-state index contributed by atoms with van der Waals surface area (Å²) in [4.78, 5) is 0. The Morgan fingerprint density at radius 3 is 0.786 bits per heavy atom. The van der Waals surface area contributed by atoms with Crippen molar-refractivity contribution in [2.45, 2.75) is 39.0 Å². The second-order valence-electron chi connectivity index (χ2n) is 9.25. The van der Waals surface area contributed by atoms with Crippen LogP contribution in [-0.2, 0) is 52.1 Å². The van der Waals surface area contributed by atoms with Gasteiger partial charge in [-0.25, -0.2) is 0 Å². The molecule has 0 saturated carbocycles. The lowest BCUT2D eigenvalue weighted by atomic mass is 10.2. The molecule has 0 spiro atoms. The molecule has 0 aliphatic heterocycles. The Labute approximate surface area is 255 Å². The molecule has 0 bridgehead atoms. The first-order valence-corrected chi connectivity index (χ1v) is 15.9. The van der Waals surface area contributed by atoms with Gasteiger partial charge < -0.3 is 57.4 Å². The summed E-state index contributed by atoms with van der Waals surface area (Å²) >= 11 is 0. The van der Waals surface area contributed by atoms with E-state index in [1.165, 1.54) is 25.7 Å². The number of unbranched alkanes of at least 4 members (excludes halogenated alkanes) is 4. The maximum Gasteiger partial charge on any atom is 0.0701 e. The summed E-state index contributed by atoms with van der Waals surface area (Å²) in [5.74, 6) is 0. The van der Waals surface area contributed by atoms with Crippen LogP contribution in [0.25, 0.3) is 0 Å². The van der Waals surface area contributed by atoms with Crippen molar-refractivity contribution in [2.24, 2.45) is 0 Å². The number of nitrogens with one attached hydrogen (secondary N) is 1. The molecule has 0 heterocycles. The highest BCUT2D eigenvalue weighted by Gasteiger charge is 1.96. The fraction of sp³-hybridized carbons (Fsp3) is 1.00. The first kappa shape index (κ1) is 41.5. The molecular weight excluding hydrogens is 550 g/mol. The van der Waals surface area contributed by atoms with Crippen molar-refractivity contribution in [2.75, 3.05) is 159 Å². The van der Waals surface area contributed by atoms with Crippen molar-refractivity contribution < 1.29 is 52.1 Å². The third-order valence-electron chi connectivity index (χ3n) is 5.61. The van der Waals surface area contributed by atoms with Crippen LogP contribution >= 0.6 is 0 Å². The van der Waals surface area contributed by atoms with Crippen molar-refractivity contribution in [1.29, 1.82) is 0 Å². The third kappa shape index (κ3) is 39.5. The zero-order chi connectivity index (χ0) is 30.3. The maximum absolute atomic E-state index is 5.56. The normalized spacial score (nSPS) is 11.6. The van der Waals surface area contributed by atoms with Crippen LogP contribution in [0.15, 0.2) is 0 Å². The van der Waals surface area contributed by atoms with Gasteiger partial charge in [0.2, 0.25) is 0 Å². The molecule has 0 fully saturated rings. The van der Waals surface area contributed by atoms with Crippen molar-refractivity contribution in [3.05, 3.63) is 0 Å². The number of ether oxygens (including phenoxy) is 11. The van der Waals surface area contributed by atoms with Crippen LogP contribution in [0.3, 0.4) is 0 Å². The smallest absolute Gasteiger partial charge is 0.0701 e. The highest BCUT2D eigenvalue weighted by Crippen LogP contribution is 2.02. The fourth-order valence-corrected chi connectivity index (χ4v) is 3.28. The van der Waals surface area contributed by atoms with Gasteiger partial charge in [0.1, 0.15) is 0 Å². The summed E-state index contributed by atoms with van der Waals surface area (Å²) < 4.78 is 60.1. The fourth-order valence-electron chi connectivity index (χ4n) is 3.28. The third-order valence-corrected chi connectivity index (χ3v) is 5.61. The average molecular weight is 614 g/mol. The second kappa shape index (κ2) is 40.5. The molecule has 0 aromatic heterocycles. The SMILES string of the molecule is CCCCCCCOCCOCCOCCOCCOCCOCCOCCOCCOCCOCCOCCNC. The van der Waals surface area contributed by atoms with E-state index in [4.69, 9.17) is 52.1 Å². The van der Waals surface area contributed by atoms with Crippen LogP contribution in [0, 0.1) is 0 Å². The summed E-state index contributed by atoms with van der Waals surface area (Å²) in [6, 6.07) is 0. The minimum absolute atomic E-state index is 0.525. The Kier molecular flexibility index (Phi) is 40.1. The molecule has 0 aromatic carbocycles. The van der Waals surface area contributed by atoms with Crippen LogP contribution in [0.5, 0.6) is 0 Å². The van der Waals surface area contributed by atoms with E-state index in [0.29, 0.717) is 139 Å². The largest absolute Gasteiger partial charge is 0.379 e. The van der Waals surface area contributed by atoms with E-state index in [-0.39, 0.29) is 0 Å². The average Bonchev–Trinajstić information content (AvgIpc) is 3.00. The highest BCUT2D eigenvalue weighted by atomic mass is 16.6. The lowest BCUT2D eigenvalue weighted by Gasteiger charge is -2.09. The van der Waals surface area contributed by atoms with E-state index in [2.05, 4.69) is 12.2 Å². The van der Waals surface area contributed by atoms with Gasteiger partial charge >= 0.3 is 0 Å². The van der Waals surface area contributed by atoms with Gasteiger partial charge in [0.25, 0.3) is 0 Å². The number of rotatable bonds is 39. The monoisotopic (exact) mass is 613 g/mol. The molecule has 0 aromatic rings. The van der Waals surface area contributed by atoms with E-state index in [9.17, 15) is 0 Å². The van der Waals surface area contributed by atoms with Crippen LogP contribution in [0.2, 0.25) is 0 Å². The van der Waals surface area contributed by atoms with E-state index in [1.807, 2.05) is 7.05 Å². The lowest BCUT2D eigenvalue weighted by molar-refractivity contribution is -0.0274. The Bertz CT molecular complexity index is 427. The van der Waals surface area contributed by atoms with Gasteiger partial charge in [-0.3, -0.25) is 0 Å². The zero-order valence-corrected chi connectivity index (χ0v) is 26.8. The van der Waals surface area contributed by atoms with E-state index in [1.54, 1.807) is 0 Å². The van der Waals surface area contributed by atoms with Gasteiger partial charge in [-0.2, -0.15) is 0 Å². The minimum atomic E-state index is 0.525. The molecule has 0 aliphatic carbocycles. The second-order valence-corrected chi connectivity index (χ2v) is 9.25. The summed E-state index contributed by atoms with van der Waals surface area (Å²) in [5.41, 5.74) is 0. The van der Waals surface area contributed by atoms with Crippen molar-refractivity contribution >= 4 is 0 Å². The van der Waals surface area contributed by atoms with Gasteiger partial charge in [-0.1, -0.05) is 32.6 Å². The Morgan fingerprint density at radius 2 is 0.524 bits per heavy atom. The molecule has 1 N–H and O–H groups in total. The number of hydrogen-bond donors (Lipinski definition) is 1. The van der Waals surface area contributed by atoms with Gasteiger partial charge in [-0.05, 0) is 13.5 Å². The van der Waals surface area contributed by atoms with Crippen molar-refractivity contribution in [3.8, 4) is 0 Å².